The van der Waals surface area contributed by atoms with Crippen LogP contribution in [-0.2, 0) is 5.75 Å². The highest BCUT2D eigenvalue weighted by molar-refractivity contribution is 7.98. The summed E-state index contributed by atoms with van der Waals surface area (Å²) >= 11 is 13.5. The Bertz CT molecular complexity index is 608. The Balaban J connectivity index is 2.08. The van der Waals surface area contributed by atoms with Crippen molar-refractivity contribution in [3.8, 4) is 11.6 Å². The molecule has 6 heteroatoms. The van der Waals surface area contributed by atoms with E-state index in [1.165, 1.54) is 0 Å². The van der Waals surface area contributed by atoms with Gasteiger partial charge >= 0.3 is 0 Å². The highest BCUT2D eigenvalue weighted by Gasteiger charge is 2.07. The first-order valence-corrected chi connectivity index (χ1v) is 7.53. The van der Waals surface area contributed by atoms with Gasteiger partial charge in [-0.15, -0.1) is 11.8 Å². The zero-order valence-corrected chi connectivity index (χ0v) is 13.4. The fourth-order valence-electron chi connectivity index (χ4n) is 1.58. The second-order valence-corrected chi connectivity index (χ2v) is 5.78. The number of thioether (sulfide) groups is 1. The standard InChI is InChI=1S/C14H13Cl2NO2S/c1-18-13-5-9(7-17-14(13)19-2)8-20-10-3-4-11(15)12(16)6-10/h3-7H,8H2,1-2H3. The van der Waals surface area contributed by atoms with Crippen molar-refractivity contribution in [3.63, 3.8) is 0 Å². The minimum Gasteiger partial charge on any atom is -0.491 e. The van der Waals surface area contributed by atoms with E-state index < -0.39 is 0 Å². The monoisotopic (exact) mass is 329 g/mol. The summed E-state index contributed by atoms with van der Waals surface area (Å²) in [6, 6.07) is 7.49. The number of methoxy groups -OCH3 is 2. The maximum Gasteiger partial charge on any atom is 0.256 e. The number of hydrogen-bond acceptors (Lipinski definition) is 4. The lowest BCUT2D eigenvalue weighted by atomic mass is 10.3. The molecule has 0 aliphatic carbocycles. The van der Waals surface area contributed by atoms with Gasteiger partial charge in [-0.2, -0.15) is 0 Å². The van der Waals surface area contributed by atoms with Crippen LogP contribution in [0.4, 0.5) is 0 Å². The molecule has 106 valence electrons. The van der Waals surface area contributed by atoms with E-state index in [0.29, 0.717) is 21.7 Å². The molecule has 0 aliphatic rings. The van der Waals surface area contributed by atoms with Crippen LogP contribution < -0.4 is 9.47 Å². The summed E-state index contributed by atoms with van der Waals surface area (Å²) in [7, 11) is 3.16. The van der Waals surface area contributed by atoms with Crippen LogP contribution in [0.25, 0.3) is 0 Å². The number of hydrogen-bond donors (Lipinski definition) is 0. The molecule has 0 radical (unpaired) electrons. The number of halogens is 2. The molecule has 0 saturated heterocycles. The lowest BCUT2D eigenvalue weighted by Crippen LogP contribution is -1.95. The van der Waals surface area contributed by atoms with Gasteiger partial charge in [0, 0.05) is 16.8 Å². The minimum absolute atomic E-state index is 0.482. The Morgan fingerprint density at radius 3 is 2.55 bits per heavy atom. The first kappa shape index (κ1) is 15.3. The molecule has 1 aromatic carbocycles. The normalized spacial score (nSPS) is 10.4. The minimum atomic E-state index is 0.482. The summed E-state index contributed by atoms with van der Waals surface area (Å²) in [6.45, 7) is 0. The topological polar surface area (TPSA) is 31.4 Å². The fraction of sp³-hybridized carbons (Fsp3) is 0.214. The molecular weight excluding hydrogens is 317 g/mol. The maximum absolute atomic E-state index is 5.99. The van der Waals surface area contributed by atoms with Crippen LogP contribution in [0.5, 0.6) is 11.6 Å². The van der Waals surface area contributed by atoms with Crippen molar-refractivity contribution < 1.29 is 9.47 Å². The first-order chi connectivity index (χ1) is 9.63. The van der Waals surface area contributed by atoms with Gasteiger partial charge in [0.05, 0.1) is 24.3 Å². The zero-order chi connectivity index (χ0) is 14.5. The van der Waals surface area contributed by atoms with Crippen molar-refractivity contribution in [1.29, 1.82) is 0 Å². The summed E-state index contributed by atoms with van der Waals surface area (Å²) in [6.07, 6.45) is 1.77. The second-order valence-electron chi connectivity index (χ2n) is 3.92. The largest absolute Gasteiger partial charge is 0.491 e. The zero-order valence-electron chi connectivity index (χ0n) is 11.0. The van der Waals surface area contributed by atoms with Crippen molar-refractivity contribution >= 4 is 35.0 Å². The Hall–Kier alpha value is -1.10. The van der Waals surface area contributed by atoms with Gasteiger partial charge in [-0.25, -0.2) is 4.98 Å². The molecule has 0 aliphatic heterocycles. The highest BCUT2D eigenvalue weighted by atomic mass is 35.5. The van der Waals surface area contributed by atoms with Gasteiger partial charge in [-0.3, -0.25) is 0 Å². The SMILES string of the molecule is COc1cc(CSc2ccc(Cl)c(Cl)c2)cnc1OC. The molecule has 0 unspecified atom stereocenters. The molecule has 2 aromatic rings. The van der Waals surface area contributed by atoms with Crippen molar-refractivity contribution in [3.05, 3.63) is 46.1 Å². The predicted octanol–water partition coefficient (Wildman–Crippen LogP) is 4.70. The number of aromatic nitrogens is 1. The number of nitrogens with zero attached hydrogens (tertiary/aromatic N) is 1. The Morgan fingerprint density at radius 2 is 1.90 bits per heavy atom. The van der Waals surface area contributed by atoms with E-state index in [9.17, 15) is 0 Å². The quantitative estimate of drug-likeness (QED) is 0.744. The van der Waals surface area contributed by atoms with Gasteiger partial charge in [0.2, 0.25) is 0 Å². The lowest BCUT2D eigenvalue weighted by molar-refractivity contribution is 0.342. The predicted molar refractivity (Wildman–Crippen MR) is 83.4 cm³/mol. The van der Waals surface area contributed by atoms with E-state index in [2.05, 4.69) is 4.98 Å². The van der Waals surface area contributed by atoms with E-state index >= 15 is 0 Å². The maximum atomic E-state index is 5.99. The van der Waals surface area contributed by atoms with Gasteiger partial charge in [0.25, 0.3) is 5.88 Å². The molecule has 20 heavy (non-hydrogen) atoms. The molecule has 0 amide bonds. The van der Waals surface area contributed by atoms with Crippen LogP contribution in [0.2, 0.25) is 10.0 Å². The molecule has 1 heterocycles. The van der Waals surface area contributed by atoms with E-state index in [-0.39, 0.29) is 0 Å². The van der Waals surface area contributed by atoms with Crippen LogP contribution >= 0.6 is 35.0 Å². The summed E-state index contributed by atoms with van der Waals surface area (Å²) < 4.78 is 10.3. The molecule has 3 nitrogen and oxygen atoms in total. The lowest BCUT2D eigenvalue weighted by Gasteiger charge is -2.08. The van der Waals surface area contributed by atoms with Crippen molar-refractivity contribution in [1.82, 2.24) is 4.98 Å². The third-order valence-electron chi connectivity index (χ3n) is 2.58. The van der Waals surface area contributed by atoms with Crippen molar-refractivity contribution in [2.24, 2.45) is 0 Å². The Kier molecular flexibility index (Phi) is 5.40. The van der Waals surface area contributed by atoms with E-state index in [4.69, 9.17) is 32.7 Å². The van der Waals surface area contributed by atoms with Crippen LogP contribution in [0, 0.1) is 0 Å². The molecule has 2 rings (SSSR count). The fourth-order valence-corrected chi connectivity index (χ4v) is 2.80. The summed E-state index contributed by atoms with van der Waals surface area (Å²) in [5.74, 6) is 1.86. The number of rotatable bonds is 5. The highest BCUT2D eigenvalue weighted by Crippen LogP contribution is 2.31. The number of benzene rings is 1. The average molecular weight is 330 g/mol. The van der Waals surface area contributed by atoms with E-state index in [0.717, 1.165) is 16.2 Å². The van der Waals surface area contributed by atoms with Crippen LogP contribution in [0.3, 0.4) is 0 Å². The first-order valence-electron chi connectivity index (χ1n) is 5.78. The molecule has 0 fully saturated rings. The summed E-state index contributed by atoms with van der Waals surface area (Å²) in [5, 5.41) is 1.12. The molecular formula is C14H13Cl2NO2S. The molecule has 0 spiro atoms. The van der Waals surface area contributed by atoms with Gasteiger partial charge < -0.3 is 9.47 Å². The molecule has 1 aromatic heterocycles. The molecule has 0 saturated carbocycles. The third-order valence-corrected chi connectivity index (χ3v) is 4.39. The van der Waals surface area contributed by atoms with Crippen LogP contribution in [0.1, 0.15) is 5.56 Å². The number of pyridine rings is 1. The molecule has 0 bridgehead atoms. The van der Waals surface area contributed by atoms with Gasteiger partial charge in [0.1, 0.15) is 0 Å². The molecule has 0 N–H and O–H groups in total. The van der Waals surface area contributed by atoms with E-state index in [1.807, 2.05) is 18.2 Å². The summed E-state index contributed by atoms with van der Waals surface area (Å²) in [4.78, 5) is 5.25. The molecule has 0 atom stereocenters. The Morgan fingerprint density at radius 1 is 1.10 bits per heavy atom. The van der Waals surface area contributed by atoms with Gasteiger partial charge in [-0.1, -0.05) is 23.2 Å². The van der Waals surface area contributed by atoms with E-state index in [1.54, 1.807) is 38.2 Å². The smallest absolute Gasteiger partial charge is 0.256 e. The van der Waals surface area contributed by atoms with Crippen molar-refractivity contribution in [2.75, 3.05) is 14.2 Å². The van der Waals surface area contributed by atoms with Crippen molar-refractivity contribution in [2.45, 2.75) is 10.6 Å². The number of ether oxygens (including phenoxy) is 2. The van der Waals surface area contributed by atoms with Crippen LogP contribution in [-0.4, -0.2) is 19.2 Å². The van der Waals surface area contributed by atoms with Gasteiger partial charge in [-0.05, 0) is 29.8 Å². The Labute approximate surface area is 132 Å². The summed E-state index contributed by atoms with van der Waals surface area (Å²) in [5.41, 5.74) is 1.04. The second kappa shape index (κ2) is 7.07. The van der Waals surface area contributed by atoms with Crippen LogP contribution in [0.15, 0.2) is 35.4 Å². The average Bonchev–Trinajstić information content (AvgIpc) is 2.48. The third kappa shape index (κ3) is 3.72. The van der Waals surface area contributed by atoms with Gasteiger partial charge in [0.15, 0.2) is 5.75 Å².